The van der Waals surface area contributed by atoms with E-state index in [9.17, 15) is 4.79 Å². The fraction of sp³-hybridized carbons (Fsp3) is 0.750. The van der Waals surface area contributed by atoms with Crippen molar-refractivity contribution in [1.82, 2.24) is 9.78 Å². The van der Waals surface area contributed by atoms with Crippen molar-refractivity contribution in [3.05, 3.63) is 22.1 Å². The lowest BCUT2D eigenvalue weighted by Crippen LogP contribution is -2.15. The van der Waals surface area contributed by atoms with Crippen LogP contribution in [0.1, 0.15) is 46.2 Å². The molecule has 1 N–H and O–H groups in total. The number of unbranched alkanes of at least 4 members (excludes halogenated alkanes) is 1. The average molecular weight is 242 g/mol. The molecule has 0 fully saturated rings. The van der Waals surface area contributed by atoms with Crippen molar-refractivity contribution in [2.45, 2.75) is 57.6 Å². The van der Waals surface area contributed by atoms with E-state index in [0.29, 0.717) is 0 Å². The summed E-state index contributed by atoms with van der Waals surface area (Å²) in [5.74, 6) is 0.873. The van der Waals surface area contributed by atoms with E-state index in [4.69, 9.17) is 0 Å². The maximum absolute atomic E-state index is 11.6. The van der Waals surface area contributed by atoms with Crippen molar-refractivity contribution in [1.29, 1.82) is 0 Å². The number of H-pyrrole nitrogens is 1. The second kappa shape index (κ2) is 5.62. The van der Waals surface area contributed by atoms with E-state index < -0.39 is 0 Å². The third kappa shape index (κ3) is 4.47. The Hall–Kier alpha value is -0.640. The van der Waals surface area contributed by atoms with Gasteiger partial charge in [0.05, 0.1) is 0 Å². The van der Waals surface area contributed by atoms with Gasteiger partial charge in [0.2, 0.25) is 0 Å². The Labute approximate surface area is 102 Å². The van der Waals surface area contributed by atoms with Crippen LogP contribution in [-0.4, -0.2) is 14.5 Å². The molecule has 16 heavy (non-hydrogen) atoms. The number of nitrogens with zero attached hydrogens (tertiary/aromatic N) is 1. The molecule has 92 valence electrons. The van der Waals surface area contributed by atoms with Crippen LogP contribution in [0.15, 0.2) is 10.9 Å². The number of nitrogens with one attached hydrogen (secondary N) is 1. The molecule has 0 bridgehead atoms. The van der Waals surface area contributed by atoms with Gasteiger partial charge in [0.25, 0.3) is 5.56 Å². The molecule has 1 aromatic heterocycles. The summed E-state index contributed by atoms with van der Waals surface area (Å²) in [5.41, 5.74) is 1.12. The van der Waals surface area contributed by atoms with Gasteiger partial charge in [-0.15, -0.1) is 11.8 Å². The van der Waals surface area contributed by atoms with Gasteiger partial charge in [-0.05, 0) is 6.42 Å². The standard InChI is InChI=1S/C12H22N2OS/c1-5-6-7-14-11(15)8-10(13-14)9-16-12(2,3)4/h8,13H,5-7,9H2,1-4H3. The Morgan fingerprint density at radius 2 is 2.12 bits per heavy atom. The first-order chi connectivity index (χ1) is 7.42. The molecule has 1 aromatic rings. The third-order valence-electron chi connectivity index (χ3n) is 2.24. The first kappa shape index (κ1) is 13.4. The normalized spacial score (nSPS) is 12.0. The lowest BCUT2D eigenvalue weighted by molar-refractivity contribution is 0.553. The minimum atomic E-state index is 0.0953. The first-order valence-corrected chi connectivity index (χ1v) is 6.83. The number of aromatic nitrogens is 2. The van der Waals surface area contributed by atoms with Gasteiger partial charge < -0.3 is 0 Å². The van der Waals surface area contributed by atoms with Crippen molar-refractivity contribution in [3.63, 3.8) is 0 Å². The highest BCUT2D eigenvalue weighted by molar-refractivity contribution is 7.99. The summed E-state index contributed by atoms with van der Waals surface area (Å²) in [7, 11) is 0. The molecular formula is C12H22N2OS. The van der Waals surface area contributed by atoms with Crippen LogP contribution < -0.4 is 5.56 Å². The Morgan fingerprint density at radius 3 is 2.69 bits per heavy atom. The van der Waals surface area contributed by atoms with Crippen molar-refractivity contribution in [2.24, 2.45) is 0 Å². The predicted octanol–water partition coefficient (Wildman–Crippen LogP) is 3.01. The Bertz CT molecular complexity index is 373. The number of hydrogen-bond donors (Lipinski definition) is 1. The summed E-state index contributed by atoms with van der Waals surface area (Å²) in [6.07, 6.45) is 2.16. The van der Waals surface area contributed by atoms with Crippen molar-refractivity contribution >= 4 is 11.8 Å². The lowest BCUT2D eigenvalue weighted by Gasteiger charge is -2.16. The summed E-state index contributed by atoms with van der Waals surface area (Å²) in [5, 5.41) is 3.17. The summed E-state index contributed by atoms with van der Waals surface area (Å²) >= 11 is 1.85. The maximum Gasteiger partial charge on any atom is 0.266 e. The Morgan fingerprint density at radius 1 is 1.44 bits per heavy atom. The Kier molecular flexibility index (Phi) is 4.71. The number of aryl methyl sites for hydroxylation is 1. The molecular weight excluding hydrogens is 220 g/mol. The molecule has 0 unspecified atom stereocenters. The SMILES string of the molecule is CCCCn1[nH]c(CSC(C)(C)C)cc1=O. The third-order valence-corrected chi connectivity index (χ3v) is 3.56. The molecule has 0 atom stereocenters. The summed E-state index contributed by atoms with van der Waals surface area (Å²) in [6, 6.07) is 1.72. The van der Waals surface area contributed by atoms with Crippen LogP contribution in [0.25, 0.3) is 0 Å². The molecule has 0 aliphatic heterocycles. The van der Waals surface area contributed by atoms with Crippen molar-refractivity contribution in [2.75, 3.05) is 0 Å². The van der Waals surface area contributed by atoms with E-state index in [1.54, 1.807) is 10.7 Å². The van der Waals surface area contributed by atoms with Gasteiger partial charge in [0.1, 0.15) is 0 Å². The van der Waals surface area contributed by atoms with Gasteiger partial charge in [-0.1, -0.05) is 34.1 Å². The van der Waals surface area contributed by atoms with Gasteiger partial charge in [-0.2, -0.15) is 0 Å². The van der Waals surface area contributed by atoms with Crippen molar-refractivity contribution in [3.8, 4) is 0 Å². The second-order valence-electron chi connectivity index (χ2n) is 5.03. The quantitative estimate of drug-likeness (QED) is 0.862. The summed E-state index contributed by atoms with van der Waals surface area (Å²) in [4.78, 5) is 11.6. The number of hydrogen-bond acceptors (Lipinski definition) is 2. The van der Waals surface area contributed by atoms with Crippen molar-refractivity contribution < 1.29 is 0 Å². The van der Waals surface area contributed by atoms with Gasteiger partial charge in [0, 0.05) is 28.8 Å². The van der Waals surface area contributed by atoms with Gasteiger partial charge in [-0.3, -0.25) is 14.6 Å². The summed E-state index contributed by atoms with van der Waals surface area (Å²) < 4.78 is 1.95. The molecule has 0 aliphatic rings. The van der Waals surface area contributed by atoms with E-state index in [1.807, 2.05) is 11.8 Å². The smallest absolute Gasteiger partial charge is 0.266 e. The maximum atomic E-state index is 11.6. The highest BCUT2D eigenvalue weighted by Crippen LogP contribution is 2.25. The molecule has 1 rings (SSSR count). The summed E-state index contributed by atoms with van der Waals surface area (Å²) in [6.45, 7) is 9.48. The molecule has 0 radical (unpaired) electrons. The number of thioether (sulfide) groups is 1. The molecule has 0 aliphatic carbocycles. The monoisotopic (exact) mass is 242 g/mol. The predicted molar refractivity (Wildman–Crippen MR) is 71.0 cm³/mol. The molecule has 0 aromatic carbocycles. The van der Waals surface area contributed by atoms with E-state index in [1.165, 1.54) is 0 Å². The molecule has 0 saturated carbocycles. The zero-order valence-electron chi connectivity index (χ0n) is 10.7. The Balaban J connectivity index is 2.59. The van der Waals surface area contributed by atoms with Crippen LogP contribution in [-0.2, 0) is 12.3 Å². The highest BCUT2D eigenvalue weighted by atomic mass is 32.2. The van der Waals surface area contributed by atoms with Crippen LogP contribution in [0, 0.1) is 0 Å². The fourth-order valence-electron chi connectivity index (χ4n) is 1.34. The second-order valence-corrected chi connectivity index (χ2v) is 6.83. The molecule has 3 nitrogen and oxygen atoms in total. The number of aromatic amines is 1. The average Bonchev–Trinajstić information content (AvgIpc) is 2.52. The van der Waals surface area contributed by atoms with Crippen LogP contribution in [0.3, 0.4) is 0 Å². The largest absolute Gasteiger partial charge is 0.299 e. The number of rotatable bonds is 5. The van der Waals surface area contributed by atoms with Gasteiger partial charge in [-0.25, -0.2) is 0 Å². The highest BCUT2D eigenvalue weighted by Gasteiger charge is 2.12. The van der Waals surface area contributed by atoms with E-state index in [0.717, 1.165) is 30.8 Å². The van der Waals surface area contributed by atoms with E-state index in [2.05, 4.69) is 32.8 Å². The zero-order chi connectivity index (χ0) is 12.2. The molecule has 4 heteroatoms. The van der Waals surface area contributed by atoms with Crippen LogP contribution >= 0.6 is 11.8 Å². The molecule has 0 saturated heterocycles. The van der Waals surface area contributed by atoms with Crippen LogP contribution in [0.5, 0.6) is 0 Å². The van der Waals surface area contributed by atoms with Crippen LogP contribution in [0.2, 0.25) is 0 Å². The van der Waals surface area contributed by atoms with E-state index in [-0.39, 0.29) is 10.3 Å². The van der Waals surface area contributed by atoms with Crippen LogP contribution in [0.4, 0.5) is 0 Å². The molecule has 0 spiro atoms. The van der Waals surface area contributed by atoms with Gasteiger partial charge in [0.15, 0.2) is 0 Å². The topological polar surface area (TPSA) is 37.8 Å². The lowest BCUT2D eigenvalue weighted by atomic mass is 10.3. The van der Waals surface area contributed by atoms with E-state index >= 15 is 0 Å². The first-order valence-electron chi connectivity index (χ1n) is 5.85. The van der Waals surface area contributed by atoms with Gasteiger partial charge >= 0.3 is 0 Å². The zero-order valence-corrected chi connectivity index (χ0v) is 11.5. The minimum absolute atomic E-state index is 0.0953. The minimum Gasteiger partial charge on any atom is -0.299 e. The fourth-order valence-corrected chi connectivity index (χ4v) is 2.07. The molecule has 0 amide bonds. The molecule has 1 heterocycles.